The molecule has 80 valence electrons. The summed E-state index contributed by atoms with van der Waals surface area (Å²) in [6.45, 7) is 3.00. The lowest BCUT2D eigenvalue weighted by molar-refractivity contribution is 0.0980. The van der Waals surface area contributed by atoms with Crippen LogP contribution in [0.2, 0.25) is 0 Å². The number of nitrogens with two attached hydrogens (primary N) is 1. The van der Waals surface area contributed by atoms with E-state index in [1.165, 1.54) is 0 Å². The first-order chi connectivity index (χ1) is 7.27. The number of carbonyl (C=O) groups is 1. The number of ketones is 1. The summed E-state index contributed by atoms with van der Waals surface area (Å²) in [6.07, 6.45) is 4.39. The van der Waals surface area contributed by atoms with Crippen molar-refractivity contribution in [3.63, 3.8) is 0 Å². The van der Waals surface area contributed by atoms with Crippen LogP contribution in [0.15, 0.2) is 12.5 Å². The van der Waals surface area contributed by atoms with E-state index < -0.39 is 0 Å². The fourth-order valence-electron chi connectivity index (χ4n) is 1.20. The topological polar surface area (TPSA) is 60.9 Å². The number of hydrogen-bond acceptors (Lipinski definition) is 3. The quantitative estimate of drug-likeness (QED) is 0.572. The van der Waals surface area contributed by atoms with Gasteiger partial charge >= 0.3 is 0 Å². The van der Waals surface area contributed by atoms with Crippen molar-refractivity contribution < 1.29 is 4.79 Å². The minimum absolute atomic E-state index is 0.0357. The van der Waals surface area contributed by atoms with Crippen LogP contribution in [-0.4, -0.2) is 21.9 Å². The first kappa shape index (κ1) is 11.5. The zero-order valence-electron chi connectivity index (χ0n) is 8.86. The van der Waals surface area contributed by atoms with Crippen molar-refractivity contribution in [2.45, 2.75) is 26.3 Å². The minimum atomic E-state index is 0.0357. The van der Waals surface area contributed by atoms with Crippen molar-refractivity contribution in [3.05, 3.63) is 18.2 Å². The van der Waals surface area contributed by atoms with Gasteiger partial charge in [0.2, 0.25) is 0 Å². The van der Waals surface area contributed by atoms with E-state index in [2.05, 4.69) is 16.8 Å². The van der Waals surface area contributed by atoms with E-state index in [0.29, 0.717) is 31.6 Å². The summed E-state index contributed by atoms with van der Waals surface area (Å²) in [6, 6.07) is 0. The molecular weight excluding hydrogens is 190 g/mol. The lowest BCUT2D eigenvalue weighted by atomic mass is 10.2. The van der Waals surface area contributed by atoms with Crippen LogP contribution in [0.5, 0.6) is 0 Å². The van der Waals surface area contributed by atoms with Crippen LogP contribution in [-0.2, 0) is 6.54 Å². The van der Waals surface area contributed by atoms with Gasteiger partial charge in [0, 0.05) is 32.1 Å². The lowest BCUT2D eigenvalue weighted by Crippen LogP contribution is -2.08. The average Bonchev–Trinajstić information content (AvgIpc) is 2.67. The van der Waals surface area contributed by atoms with Gasteiger partial charge < -0.3 is 10.3 Å². The van der Waals surface area contributed by atoms with Crippen LogP contribution >= 0.6 is 0 Å². The fourth-order valence-corrected chi connectivity index (χ4v) is 1.20. The van der Waals surface area contributed by atoms with Gasteiger partial charge in [0.15, 0.2) is 5.78 Å². The van der Waals surface area contributed by atoms with Crippen LogP contribution in [0, 0.1) is 11.8 Å². The molecule has 1 aromatic rings. The number of imidazole rings is 1. The van der Waals surface area contributed by atoms with E-state index in [1.807, 2.05) is 4.57 Å². The van der Waals surface area contributed by atoms with E-state index in [4.69, 9.17) is 5.73 Å². The highest BCUT2D eigenvalue weighted by Gasteiger charge is 2.07. The summed E-state index contributed by atoms with van der Waals surface area (Å²) in [4.78, 5) is 15.6. The average molecular weight is 205 g/mol. The molecule has 4 heteroatoms. The van der Waals surface area contributed by atoms with Crippen LogP contribution < -0.4 is 5.73 Å². The van der Waals surface area contributed by atoms with E-state index in [1.54, 1.807) is 19.4 Å². The van der Waals surface area contributed by atoms with Crippen LogP contribution in [0.1, 0.15) is 30.3 Å². The smallest absolute Gasteiger partial charge is 0.183 e. The zero-order valence-corrected chi connectivity index (χ0v) is 8.86. The standard InChI is InChI=1S/C11H15N3O/c1-2-3-4-5-11(15)10-8-14(7-6-12)9-13-10/h8-9H,4-7,12H2,1H3. The molecule has 0 aromatic carbocycles. The molecule has 4 nitrogen and oxygen atoms in total. The molecule has 2 N–H and O–H groups in total. The van der Waals surface area contributed by atoms with Crippen molar-refractivity contribution in [1.29, 1.82) is 0 Å². The highest BCUT2D eigenvalue weighted by Crippen LogP contribution is 2.02. The van der Waals surface area contributed by atoms with Crippen molar-refractivity contribution in [2.75, 3.05) is 6.54 Å². The second-order valence-electron chi connectivity index (χ2n) is 3.14. The highest BCUT2D eigenvalue weighted by molar-refractivity contribution is 5.94. The maximum atomic E-state index is 11.6. The molecule has 1 heterocycles. The molecule has 0 saturated heterocycles. The van der Waals surface area contributed by atoms with Gasteiger partial charge in [0.05, 0.1) is 6.33 Å². The van der Waals surface area contributed by atoms with E-state index in [9.17, 15) is 4.79 Å². The molecule has 1 rings (SSSR count). The Morgan fingerprint density at radius 2 is 2.47 bits per heavy atom. The highest BCUT2D eigenvalue weighted by atomic mass is 16.1. The third-order valence-electron chi connectivity index (χ3n) is 1.96. The van der Waals surface area contributed by atoms with Crippen LogP contribution in [0.25, 0.3) is 0 Å². The predicted octanol–water partition coefficient (Wildman–Crippen LogP) is 0.828. The van der Waals surface area contributed by atoms with Crippen molar-refractivity contribution >= 4 is 5.78 Å². The third-order valence-corrected chi connectivity index (χ3v) is 1.96. The number of carbonyl (C=O) groups excluding carboxylic acids is 1. The van der Waals surface area contributed by atoms with Gasteiger partial charge in [-0.3, -0.25) is 4.79 Å². The lowest BCUT2D eigenvalue weighted by Gasteiger charge is -1.95. The van der Waals surface area contributed by atoms with Gasteiger partial charge in [-0.25, -0.2) is 4.98 Å². The number of rotatable bonds is 5. The number of aromatic nitrogens is 2. The van der Waals surface area contributed by atoms with Gasteiger partial charge in [-0.15, -0.1) is 11.8 Å². The Labute approximate surface area is 89.5 Å². The molecule has 0 spiro atoms. The second kappa shape index (κ2) is 5.99. The first-order valence-electron chi connectivity index (χ1n) is 4.92. The Morgan fingerprint density at radius 3 is 3.13 bits per heavy atom. The molecule has 0 atom stereocenters. The van der Waals surface area contributed by atoms with Gasteiger partial charge in [0.1, 0.15) is 5.69 Å². The van der Waals surface area contributed by atoms with Crippen molar-refractivity contribution in [1.82, 2.24) is 9.55 Å². The molecule has 0 aliphatic carbocycles. The third kappa shape index (κ3) is 3.56. The monoisotopic (exact) mass is 205 g/mol. The van der Waals surface area contributed by atoms with E-state index in [-0.39, 0.29) is 5.78 Å². The normalized spacial score (nSPS) is 9.47. The van der Waals surface area contributed by atoms with E-state index in [0.717, 1.165) is 0 Å². The largest absolute Gasteiger partial charge is 0.335 e. The molecule has 0 aliphatic heterocycles. The van der Waals surface area contributed by atoms with Crippen LogP contribution in [0.3, 0.4) is 0 Å². The SMILES string of the molecule is CC#CCCC(=O)c1cn(CCN)cn1. The Kier molecular flexibility index (Phi) is 4.58. The predicted molar refractivity (Wildman–Crippen MR) is 58.3 cm³/mol. The van der Waals surface area contributed by atoms with Gasteiger partial charge in [0.25, 0.3) is 0 Å². The molecule has 0 radical (unpaired) electrons. The summed E-state index contributed by atoms with van der Waals surface area (Å²) >= 11 is 0. The summed E-state index contributed by atoms with van der Waals surface area (Å²) in [5.41, 5.74) is 5.89. The molecule has 0 amide bonds. The molecule has 0 aliphatic rings. The number of nitrogens with zero attached hydrogens (tertiary/aromatic N) is 2. The Hall–Kier alpha value is -1.60. The Morgan fingerprint density at radius 1 is 1.67 bits per heavy atom. The Balaban J connectivity index is 2.52. The summed E-state index contributed by atoms with van der Waals surface area (Å²) < 4.78 is 1.82. The summed E-state index contributed by atoms with van der Waals surface area (Å²) in [5, 5.41) is 0. The summed E-state index contributed by atoms with van der Waals surface area (Å²) in [7, 11) is 0. The fraction of sp³-hybridized carbons (Fsp3) is 0.455. The van der Waals surface area contributed by atoms with Gasteiger partial charge in [-0.1, -0.05) is 0 Å². The van der Waals surface area contributed by atoms with Gasteiger partial charge in [-0.2, -0.15) is 0 Å². The first-order valence-corrected chi connectivity index (χ1v) is 4.92. The maximum Gasteiger partial charge on any atom is 0.183 e. The maximum absolute atomic E-state index is 11.6. The zero-order chi connectivity index (χ0) is 11.1. The van der Waals surface area contributed by atoms with Crippen molar-refractivity contribution in [2.24, 2.45) is 5.73 Å². The van der Waals surface area contributed by atoms with Crippen LogP contribution in [0.4, 0.5) is 0 Å². The minimum Gasteiger partial charge on any atom is -0.335 e. The molecule has 0 saturated carbocycles. The number of Topliss-reactive ketones (excluding diaryl/α,β-unsaturated/α-hetero) is 1. The summed E-state index contributed by atoms with van der Waals surface area (Å²) in [5.74, 6) is 5.65. The second-order valence-corrected chi connectivity index (χ2v) is 3.14. The Bertz CT molecular complexity index is 384. The van der Waals surface area contributed by atoms with Crippen molar-refractivity contribution in [3.8, 4) is 11.8 Å². The molecule has 1 aromatic heterocycles. The molecule has 0 bridgehead atoms. The molecule has 0 unspecified atom stereocenters. The van der Waals surface area contributed by atoms with E-state index >= 15 is 0 Å². The van der Waals surface area contributed by atoms with Gasteiger partial charge in [-0.05, 0) is 6.92 Å². The molecule has 15 heavy (non-hydrogen) atoms. The molecular formula is C11H15N3O. The molecule has 0 fully saturated rings. The number of hydrogen-bond donors (Lipinski definition) is 1.